The molecule has 3 rings (SSSR count). The summed E-state index contributed by atoms with van der Waals surface area (Å²) in [4.78, 5) is 23.9. The van der Waals surface area contributed by atoms with Gasteiger partial charge >= 0.3 is 0 Å². The third kappa shape index (κ3) is 3.98. The summed E-state index contributed by atoms with van der Waals surface area (Å²) < 4.78 is 5.91. The molecule has 0 bridgehead atoms. The second kappa shape index (κ2) is 6.84. The van der Waals surface area contributed by atoms with Gasteiger partial charge in [0.25, 0.3) is 0 Å². The van der Waals surface area contributed by atoms with Crippen molar-refractivity contribution in [2.75, 3.05) is 46.3 Å². The average molecular weight is 334 g/mol. The number of carbonyl (C=O) groups excluding carboxylic acids is 1. The molecule has 0 spiro atoms. The molecule has 0 saturated carbocycles. The molecular formula is C18H30N4O2. The summed E-state index contributed by atoms with van der Waals surface area (Å²) in [5.74, 6) is 1.95. The number of hydrogen-bond donors (Lipinski definition) is 0. The van der Waals surface area contributed by atoms with Crippen LogP contribution in [0.15, 0.2) is 4.42 Å². The fourth-order valence-electron chi connectivity index (χ4n) is 3.28. The standard InChI is InChI=1S/C18H30N4O2/c1-18(2,3)17-19-14-12-22(9-6-15(14)24-17)16(23)13-21-8-5-7-20(4)10-11-21/h5-13H2,1-4H3. The van der Waals surface area contributed by atoms with Gasteiger partial charge in [-0.2, -0.15) is 0 Å². The van der Waals surface area contributed by atoms with E-state index in [4.69, 9.17) is 4.42 Å². The Morgan fingerprint density at radius 2 is 1.96 bits per heavy atom. The molecule has 0 atom stereocenters. The summed E-state index contributed by atoms with van der Waals surface area (Å²) in [6.07, 6.45) is 1.90. The molecule has 2 aliphatic rings. The van der Waals surface area contributed by atoms with Crippen LogP contribution in [0, 0.1) is 0 Å². The first-order valence-electron chi connectivity index (χ1n) is 9.00. The highest BCUT2D eigenvalue weighted by atomic mass is 16.4. The normalized spacial score (nSPS) is 20.8. The number of nitrogens with zero attached hydrogens (tertiary/aromatic N) is 4. The Hall–Kier alpha value is -1.40. The van der Waals surface area contributed by atoms with Gasteiger partial charge in [-0.25, -0.2) is 4.98 Å². The Labute approximate surface area is 144 Å². The van der Waals surface area contributed by atoms with Crippen LogP contribution in [0.5, 0.6) is 0 Å². The zero-order valence-electron chi connectivity index (χ0n) is 15.5. The molecule has 1 saturated heterocycles. The fraction of sp³-hybridized carbons (Fsp3) is 0.778. The van der Waals surface area contributed by atoms with Crippen molar-refractivity contribution < 1.29 is 9.21 Å². The highest BCUT2D eigenvalue weighted by molar-refractivity contribution is 5.78. The third-order valence-electron chi connectivity index (χ3n) is 4.89. The van der Waals surface area contributed by atoms with Crippen molar-refractivity contribution >= 4 is 5.91 Å². The highest BCUT2D eigenvalue weighted by Gasteiger charge is 2.29. The minimum atomic E-state index is -0.0930. The highest BCUT2D eigenvalue weighted by Crippen LogP contribution is 2.27. The summed E-state index contributed by atoms with van der Waals surface area (Å²) in [6, 6.07) is 0. The van der Waals surface area contributed by atoms with Crippen LogP contribution in [-0.2, 0) is 23.2 Å². The lowest BCUT2D eigenvalue weighted by atomic mass is 9.97. The van der Waals surface area contributed by atoms with Gasteiger partial charge in [-0.15, -0.1) is 0 Å². The van der Waals surface area contributed by atoms with Gasteiger partial charge in [-0.1, -0.05) is 20.8 Å². The quantitative estimate of drug-likeness (QED) is 0.820. The van der Waals surface area contributed by atoms with Crippen molar-refractivity contribution in [3.05, 3.63) is 17.3 Å². The number of fused-ring (bicyclic) bond motifs is 1. The monoisotopic (exact) mass is 334 g/mol. The molecule has 0 aliphatic carbocycles. The average Bonchev–Trinajstić information content (AvgIpc) is 2.85. The lowest BCUT2D eigenvalue weighted by Crippen LogP contribution is -2.43. The molecule has 1 aromatic heterocycles. The van der Waals surface area contributed by atoms with Crippen molar-refractivity contribution in [2.45, 2.75) is 45.6 Å². The molecule has 6 heteroatoms. The van der Waals surface area contributed by atoms with E-state index in [1.807, 2.05) is 4.90 Å². The van der Waals surface area contributed by atoms with Crippen LogP contribution in [0.3, 0.4) is 0 Å². The van der Waals surface area contributed by atoms with Crippen LogP contribution in [0.1, 0.15) is 44.5 Å². The number of aromatic nitrogens is 1. The van der Waals surface area contributed by atoms with Gasteiger partial charge in [0, 0.05) is 31.5 Å². The summed E-state index contributed by atoms with van der Waals surface area (Å²) in [6.45, 7) is 12.3. The van der Waals surface area contributed by atoms with E-state index < -0.39 is 0 Å². The minimum absolute atomic E-state index is 0.0930. The van der Waals surface area contributed by atoms with E-state index in [1.54, 1.807) is 0 Å². The molecule has 134 valence electrons. The number of amides is 1. The van der Waals surface area contributed by atoms with Gasteiger partial charge in [-0.3, -0.25) is 9.69 Å². The fourth-order valence-corrected chi connectivity index (χ4v) is 3.28. The maximum Gasteiger partial charge on any atom is 0.237 e. The summed E-state index contributed by atoms with van der Waals surface area (Å²) in [7, 11) is 2.15. The van der Waals surface area contributed by atoms with Crippen LogP contribution in [0.25, 0.3) is 0 Å². The van der Waals surface area contributed by atoms with Crippen molar-refractivity contribution in [1.29, 1.82) is 0 Å². The molecule has 1 aromatic rings. The van der Waals surface area contributed by atoms with E-state index in [2.05, 4.69) is 42.6 Å². The van der Waals surface area contributed by atoms with E-state index in [0.29, 0.717) is 13.1 Å². The maximum absolute atomic E-state index is 12.7. The Morgan fingerprint density at radius 3 is 2.71 bits per heavy atom. The van der Waals surface area contributed by atoms with Crippen molar-refractivity contribution in [3.63, 3.8) is 0 Å². The van der Waals surface area contributed by atoms with Gasteiger partial charge in [0.05, 0.1) is 13.1 Å². The first-order valence-corrected chi connectivity index (χ1v) is 9.00. The zero-order chi connectivity index (χ0) is 17.3. The smallest absolute Gasteiger partial charge is 0.237 e. The number of carbonyl (C=O) groups is 1. The van der Waals surface area contributed by atoms with E-state index in [1.165, 1.54) is 0 Å². The van der Waals surface area contributed by atoms with Gasteiger partial charge in [0.2, 0.25) is 5.91 Å². The van der Waals surface area contributed by atoms with Gasteiger partial charge in [-0.05, 0) is 26.6 Å². The van der Waals surface area contributed by atoms with E-state index in [0.717, 1.165) is 62.9 Å². The summed E-state index contributed by atoms with van der Waals surface area (Å²) in [5.41, 5.74) is 0.847. The molecule has 6 nitrogen and oxygen atoms in total. The number of oxazole rings is 1. The van der Waals surface area contributed by atoms with Crippen molar-refractivity contribution in [3.8, 4) is 0 Å². The maximum atomic E-state index is 12.7. The van der Waals surface area contributed by atoms with Crippen molar-refractivity contribution in [2.24, 2.45) is 0 Å². The largest absolute Gasteiger partial charge is 0.445 e. The molecule has 24 heavy (non-hydrogen) atoms. The SMILES string of the molecule is CN1CCCN(CC(=O)N2CCc3oc(C(C)(C)C)nc3C2)CC1. The van der Waals surface area contributed by atoms with Gasteiger partial charge in [0.1, 0.15) is 11.5 Å². The van der Waals surface area contributed by atoms with Crippen LogP contribution < -0.4 is 0 Å². The summed E-state index contributed by atoms with van der Waals surface area (Å²) >= 11 is 0. The van der Waals surface area contributed by atoms with Crippen LogP contribution in [0.2, 0.25) is 0 Å². The van der Waals surface area contributed by atoms with E-state index in [-0.39, 0.29) is 11.3 Å². The number of rotatable bonds is 2. The van der Waals surface area contributed by atoms with E-state index >= 15 is 0 Å². The molecule has 0 N–H and O–H groups in total. The molecule has 1 amide bonds. The molecule has 3 heterocycles. The molecule has 0 unspecified atom stereocenters. The molecule has 0 radical (unpaired) electrons. The molecule has 2 aliphatic heterocycles. The minimum Gasteiger partial charge on any atom is -0.445 e. The summed E-state index contributed by atoms with van der Waals surface area (Å²) in [5, 5.41) is 0. The predicted molar refractivity (Wildman–Crippen MR) is 92.9 cm³/mol. The molecular weight excluding hydrogens is 304 g/mol. The van der Waals surface area contributed by atoms with Crippen LogP contribution in [0.4, 0.5) is 0 Å². The number of hydrogen-bond acceptors (Lipinski definition) is 5. The lowest BCUT2D eigenvalue weighted by molar-refractivity contribution is -0.133. The Kier molecular flexibility index (Phi) is 4.97. The van der Waals surface area contributed by atoms with Gasteiger partial charge in [0.15, 0.2) is 5.89 Å². The van der Waals surface area contributed by atoms with Gasteiger partial charge < -0.3 is 14.2 Å². The third-order valence-corrected chi connectivity index (χ3v) is 4.89. The zero-order valence-corrected chi connectivity index (χ0v) is 15.5. The predicted octanol–water partition coefficient (Wildman–Crippen LogP) is 1.49. The lowest BCUT2D eigenvalue weighted by Gasteiger charge is -2.28. The Morgan fingerprint density at radius 1 is 1.17 bits per heavy atom. The van der Waals surface area contributed by atoms with Crippen LogP contribution in [-0.4, -0.2) is 71.9 Å². The Bertz CT molecular complexity index is 590. The second-order valence-corrected chi connectivity index (χ2v) is 8.14. The van der Waals surface area contributed by atoms with E-state index in [9.17, 15) is 4.79 Å². The second-order valence-electron chi connectivity index (χ2n) is 8.14. The molecule has 0 aromatic carbocycles. The Balaban J connectivity index is 1.60. The first-order chi connectivity index (χ1) is 11.3. The first kappa shape index (κ1) is 17.4. The van der Waals surface area contributed by atoms with Crippen molar-refractivity contribution in [1.82, 2.24) is 19.7 Å². The molecule has 1 fully saturated rings. The topological polar surface area (TPSA) is 52.8 Å². The van der Waals surface area contributed by atoms with Crippen LogP contribution >= 0.6 is 0 Å². The number of likely N-dealkylation sites (N-methyl/N-ethyl adjacent to an activating group) is 1.